The van der Waals surface area contributed by atoms with E-state index in [-0.39, 0.29) is 0 Å². The van der Waals surface area contributed by atoms with Crippen molar-refractivity contribution in [2.24, 2.45) is 11.8 Å². The van der Waals surface area contributed by atoms with Gasteiger partial charge < -0.3 is 5.32 Å². The first kappa shape index (κ1) is 11.2. The monoisotopic (exact) mass is 223 g/mol. The zero-order chi connectivity index (χ0) is 10.8. The molecule has 1 aliphatic carbocycles. The summed E-state index contributed by atoms with van der Waals surface area (Å²) in [6, 6.07) is 4.98. The molecule has 1 nitrogen and oxygen atoms in total. The van der Waals surface area contributed by atoms with Gasteiger partial charge in [0, 0.05) is 15.8 Å². The molecule has 1 heterocycles. The van der Waals surface area contributed by atoms with Crippen LogP contribution in [0.5, 0.6) is 0 Å². The summed E-state index contributed by atoms with van der Waals surface area (Å²) in [5, 5.41) is 3.64. The lowest BCUT2D eigenvalue weighted by molar-refractivity contribution is 0.434. The summed E-state index contributed by atoms with van der Waals surface area (Å²) in [7, 11) is 0. The average Bonchev–Trinajstić information content (AvgIpc) is 2.97. The van der Waals surface area contributed by atoms with Crippen LogP contribution in [0, 0.1) is 18.8 Å². The van der Waals surface area contributed by atoms with Gasteiger partial charge in [0.2, 0.25) is 0 Å². The predicted molar refractivity (Wildman–Crippen MR) is 67.4 cm³/mol. The number of hydrogen-bond donors (Lipinski definition) is 1. The van der Waals surface area contributed by atoms with Gasteiger partial charge in [0.1, 0.15) is 0 Å². The molecule has 2 heteroatoms. The predicted octanol–water partition coefficient (Wildman–Crippen LogP) is 3.75. The topological polar surface area (TPSA) is 12.0 Å². The molecular weight excluding hydrogens is 202 g/mol. The van der Waals surface area contributed by atoms with Crippen LogP contribution in [0.3, 0.4) is 0 Å². The van der Waals surface area contributed by atoms with Crippen molar-refractivity contribution in [3.63, 3.8) is 0 Å². The number of hydrogen-bond acceptors (Lipinski definition) is 2. The molecule has 1 aromatic heterocycles. The zero-order valence-corrected chi connectivity index (χ0v) is 10.7. The van der Waals surface area contributed by atoms with E-state index in [0.29, 0.717) is 6.04 Å². The Bertz CT molecular complexity index is 314. The Morgan fingerprint density at radius 1 is 1.40 bits per heavy atom. The maximum atomic E-state index is 3.64. The van der Waals surface area contributed by atoms with Gasteiger partial charge in [0.25, 0.3) is 0 Å². The molecule has 1 saturated carbocycles. The van der Waals surface area contributed by atoms with Gasteiger partial charge in [-0.1, -0.05) is 6.92 Å². The minimum atomic E-state index is 0.518. The number of aryl methyl sites for hydroxylation is 1. The fourth-order valence-electron chi connectivity index (χ4n) is 1.98. The SMILES string of the molecule is Cc1ccc(C(C)NCC(C)C2CC2)s1. The van der Waals surface area contributed by atoms with Crippen molar-refractivity contribution >= 4 is 11.3 Å². The highest BCUT2D eigenvalue weighted by atomic mass is 32.1. The lowest BCUT2D eigenvalue weighted by atomic mass is 10.1. The summed E-state index contributed by atoms with van der Waals surface area (Å²) >= 11 is 1.91. The minimum Gasteiger partial charge on any atom is -0.309 e. The normalized spacial score (nSPS) is 20.2. The van der Waals surface area contributed by atoms with Gasteiger partial charge in [-0.25, -0.2) is 0 Å². The Hall–Kier alpha value is -0.340. The second-order valence-electron chi connectivity index (χ2n) is 4.89. The Morgan fingerprint density at radius 2 is 2.13 bits per heavy atom. The second kappa shape index (κ2) is 4.67. The first-order valence-electron chi connectivity index (χ1n) is 5.96. The fourth-order valence-corrected chi connectivity index (χ4v) is 2.89. The molecule has 0 amide bonds. The molecule has 1 fully saturated rings. The summed E-state index contributed by atoms with van der Waals surface area (Å²) in [6.07, 6.45) is 2.91. The van der Waals surface area contributed by atoms with Crippen molar-refractivity contribution < 1.29 is 0 Å². The first-order valence-corrected chi connectivity index (χ1v) is 6.78. The Morgan fingerprint density at radius 3 is 2.67 bits per heavy atom. The Balaban J connectivity index is 1.78. The summed E-state index contributed by atoms with van der Waals surface area (Å²) in [5.74, 6) is 1.86. The third-order valence-corrected chi connectivity index (χ3v) is 4.54. The molecule has 0 spiro atoms. The van der Waals surface area contributed by atoms with Crippen LogP contribution in [0.15, 0.2) is 12.1 Å². The second-order valence-corrected chi connectivity index (χ2v) is 6.21. The standard InChI is InChI=1S/C13H21NS/c1-9(12-5-6-12)8-14-11(3)13-7-4-10(2)15-13/h4,7,9,11-12,14H,5-6,8H2,1-3H3. The molecule has 0 bridgehead atoms. The Kier molecular flexibility index (Phi) is 3.47. The van der Waals surface area contributed by atoms with Crippen LogP contribution in [0.25, 0.3) is 0 Å². The van der Waals surface area contributed by atoms with Gasteiger partial charge in [-0.3, -0.25) is 0 Å². The highest BCUT2D eigenvalue weighted by Crippen LogP contribution is 2.36. The summed E-state index contributed by atoms with van der Waals surface area (Å²) in [4.78, 5) is 2.88. The fraction of sp³-hybridized carbons (Fsp3) is 0.692. The quantitative estimate of drug-likeness (QED) is 0.801. The molecule has 0 aliphatic heterocycles. The van der Waals surface area contributed by atoms with Crippen molar-refractivity contribution in [3.8, 4) is 0 Å². The van der Waals surface area contributed by atoms with Gasteiger partial charge in [-0.05, 0) is 57.2 Å². The molecule has 2 rings (SSSR count). The largest absolute Gasteiger partial charge is 0.309 e. The molecule has 2 atom stereocenters. The van der Waals surface area contributed by atoms with Gasteiger partial charge in [0.15, 0.2) is 0 Å². The van der Waals surface area contributed by atoms with Crippen molar-refractivity contribution in [2.75, 3.05) is 6.54 Å². The van der Waals surface area contributed by atoms with E-state index in [0.717, 1.165) is 11.8 Å². The van der Waals surface area contributed by atoms with Crippen molar-refractivity contribution in [1.82, 2.24) is 5.32 Å². The van der Waals surface area contributed by atoms with E-state index in [9.17, 15) is 0 Å². The van der Waals surface area contributed by atoms with Crippen LogP contribution in [-0.2, 0) is 0 Å². The molecule has 15 heavy (non-hydrogen) atoms. The molecule has 84 valence electrons. The van der Waals surface area contributed by atoms with E-state index >= 15 is 0 Å². The lowest BCUT2D eigenvalue weighted by Gasteiger charge is -2.16. The Labute approximate surface area is 96.9 Å². The van der Waals surface area contributed by atoms with Crippen LogP contribution in [0.1, 0.15) is 42.5 Å². The smallest absolute Gasteiger partial charge is 0.0386 e. The van der Waals surface area contributed by atoms with E-state index < -0.39 is 0 Å². The van der Waals surface area contributed by atoms with Crippen molar-refractivity contribution in [2.45, 2.75) is 39.7 Å². The van der Waals surface area contributed by atoms with Crippen LogP contribution >= 0.6 is 11.3 Å². The van der Waals surface area contributed by atoms with Crippen molar-refractivity contribution in [3.05, 3.63) is 21.9 Å². The molecule has 1 aliphatic rings. The number of nitrogens with one attached hydrogen (secondary N) is 1. The van der Waals surface area contributed by atoms with Gasteiger partial charge in [0.05, 0.1) is 0 Å². The highest BCUT2D eigenvalue weighted by Gasteiger charge is 2.27. The van der Waals surface area contributed by atoms with Gasteiger partial charge in [-0.2, -0.15) is 0 Å². The molecule has 1 aromatic rings. The van der Waals surface area contributed by atoms with Crippen LogP contribution in [0.2, 0.25) is 0 Å². The van der Waals surface area contributed by atoms with E-state index in [2.05, 4.69) is 38.2 Å². The summed E-state index contributed by atoms with van der Waals surface area (Å²) < 4.78 is 0. The third kappa shape index (κ3) is 3.05. The molecule has 0 saturated heterocycles. The number of thiophene rings is 1. The van der Waals surface area contributed by atoms with E-state index in [4.69, 9.17) is 0 Å². The molecule has 1 N–H and O–H groups in total. The molecule has 2 unspecified atom stereocenters. The maximum absolute atomic E-state index is 3.64. The number of rotatable bonds is 5. The average molecular weight is 223 g/mol. The molecular formula is C13H21NS. The minimum absolute atomic E-state index is 0.518. The van der Waals surface area contributed by atoms with E-state index in [1.165, 1.54) is 29.1 Å². The van der Waals surface area contributed by atoms with E-state index in [1.54, 1.807) is 0 Å². The van der Waals surface area contributed by atoms with Crippen molar-refractivity contribution in [1.29, 1.82) is 0 Å². The van der Waals surface area contributed by atoms with Gasteiger partial charge >= 0.3 is 0 Å². The zero-order valence-electron chi connectivity index (χ0n) is 9.92. The molecule has 0 aromatic carbocycles. The van der Waals surface area contributed by atoms with E-state index in [1.807, 2.05) is 11.3 Å². The van der Waals surface area contributed by atoms with Gasteiger partial charge in [-0.15, -0.1) is 11.3 Å². The molecule has 0 radical (unpaired) electrons. The summed E-state index contributed by atoms with van der Waals surface area (Å²) in [6.45, 7) is 7.98. The lowest BCUT2D eigenvalue weighted by Crippen LogP contribution is -2.24. The highest BCUT2D eigenvalue weighted by molar-refractivity contribution is 7.12. The first-order chi connectivity index (χ1) is 7.16. The van der Waals surface area contributed by atoms with Crippen LogP contribution in [0.4, 0.5) is 0 Å². The summed E-state index contributed by atoms with van der Waals surface area (Å²) in [5.41, 5.74) is 0. The van der Waals surface area contributed by atoms with Crippen LogP contribution < -0.4 is 5.32 Å². The third-order valence-electron chi connectivity index (χ3n) is 3.36. The van der Waals surface area contributed by atoms with Crippen LogP contribution in [-0.4, -0.2) is 6.54 Å². The maximum Gasteiger partial charge on any atom is 0.0386 e.